The number of hydrogen-bond acceptors (Lipinski definition) is 11. The van der Waals surface area contributed by atoms with Crippen LogP contribution in [0.3, 0.4) is 0 Å². The number of nitrogen functional groups attached to an aromatic ring is 1. The van der Waals surface area contributed by atoms with Gasteiger partial charge in [-0.1, -0.05) is 5.92 Å². The van der Waals surface area contributed by atoms with Gasteiger partial charge in [0.15, 0.2) is 6.23 Å². The van der Waals surface area contributed by atoms with Gasteiger partial charge in [0, 0.05) is 5.69 Å². The molecule has 0 aliphatic carbocycles. The molecule has 1 aromatic rings. The molecule has 0 spiro atoms. The predicted molar refractivity (Wildman–Crippen MR) is 105 cm³/mol. The molecule has 2 heterocycles. The van der Waals surface area contributed by atoms with Crippen molar-refractivity contribution in [2.75, 3.05) is 12.3 Å². The molecule has 7 N–H and O–H groups in total. The Morgan fingerprint density at radius 3 is 2.39 bits per heavy atom. The Balaban J connectivity index is 2.28. The van der Waals surface area contributed by atoms with Gasteiger partial charge in [0.1, 0.15) is 18.0 Å². The first kappa shape index (κ1) is 27.7. The Morgan fingerprint density at radius 1 is 1.27 bits per heavy atom. The number of ether oxygens (including phenoxy) is 1. The van der Waals surface area contributed by atoms with Gasteiger partial charge in [-0.2, -0.15) is 13.6 Å². The van der Waals surface area contributed by atoms with E-state index in [1.807, 2.05) is 0 Å². The Bertz CT molecular complexity index is 1180. The molecule has 1 aliphatic rings. The number of nitrogens with two attached hydrogens (primary N) is 1. The van der Waals surface area contributed by atoms with Crippen LogP contribution in [0.4, 0.5) is 10.2 Å². The zero-order chi connectivity index (χ0) is 25.4. The third kappa shape index (κ3) is 6.77. The first-order valence-electron chi connectivity index (χ1n) is 8.51. The zero-order valence-electron chi connectivity index (χ0n) is 16.7. The number of nitrogens with zero attached hydrogens (tertiary/aromatic N) is 2. The highest BCUT2D eigenvalue weighted by Gasteiger charge is 2.59. The number of aromatic nitrogens is 2. The van der Waals surface area contributed by atoms with E-state index in [0.717, 1.165) is 0 Å². The highest BCUT2D eigenvalue weighted by molar-refractivity contribution is 7.66. The number of aliphatic hydroxyl groups excluding tert-OH is 1. The van der Waals surface area contributed by atoms with E-state index in [1.165, 1.54) is 19.9 Å². The second-order valence-corrected chi connectivity index (χ2v) is 10.9. The smallest absolute Gasteiger partial charge is 0.386 e. The van der Waals surface area contributed by atoms with Crippen LogP contribution < -0.4 is 11.4 Å². The van der Waals surface area contributed by atoms with E-state index in [2.05, 4.69) is 30.0 Å². The van der Waals surface area contributed by atoms with Crippen molar-refractivity contribution in [3.05, 3.63) is 22.2 Å². The van der Waals surface area contributed by atoms with Crippen molar-refractivity contribution in [2.24, 2.45) is 0 Å². The standard InChI is InChI=1S/C13H19FN3O13P3/c1-3-4-13(14)10(18)8(28-11(13)17-7(2)5-9(15)16-12(17)19)6-27-32(23,24)30-33(25,26)29-31(20,21)22/h5,8,10-11,18H,6H2,1-2H3,(H,23,24)(H,25,26)(H2,15,16,19)(H2,20,21,22)/t8-,10?,11-,13?/m1/s1. The van der Waals surface area contributed by atoms with Crippen molar-refractivity contribution in [3.8, 4) is 11.8 Å². The molecule has 0 aromatic carbocycles. The molecule has 1 fully saturated rings. The third-order valence-electron chi connectivity index (χ3n) is 3.98. The summed E-state index contributed by atoms with van der Waals surface area (Å²) >= 11 is 0. The van der Waals surface area contributed by atoms with Gasteiger partial charge in [-0.15, -0.1) is 5.92 Å². The maximum absolute atomic E-state index is 15.7. The van der Waals surface area contributed by atoms with Crippen LogP contribution in [-0.4, -0.2) is 58.7 Å². The van der Waals surface area contributed by atoms with Crippen LogP contribution in [0.2, 0.25) is 0 Å². The molecule has 6 atom stereocenters. The van der Waals surface area contributed by atoms with Gasteiger partial charge in [0.05, 0.1) is 6.61 Å². The van der Waals surface area contributed by atoms with E-state index in [1.54, 1.807) is 0 Å². The molecule has 20 heteroatoms. The molecule has 1 aliphatic heterocycles. The number of aliphatic hydroxyl groups is 1. The SMILES string of the molecule is CC#CC1(F)C(O)[C@@H](COP(=O)(O)OP(=O)(O)OP(=O)(O)O)O[C@H]1n1c(C)cc(N)nc1=O. The molecule has 33 heavy (non-hydrogen) atoms. The first-order chi connectivity index (χ1) is 14.9. The van der Waals surface area contributed by atoms with Crippen molar-refractivity contribution in [2.45, 2.75) is 38.0 Å². The summed E-state index contributed by atoms with van der Waals surface area (Å²) in [6.07, 6.45) is -5.91. The average Bonchev–Trinajstić information content (AvgIpc) is 2.81. The maximum atomic E-state index is 15.7. The fraction of sp³-hybridized carbons (Fsp3) is 0.538. The fourth-order valence-corrected chi connectivity index (χ4v) is 5.88. The van der Waals surface area contributed by atoms with Gasteiger partial charge < -0.3 is 35.2 Å². The van der Waals surface area contributed by atoms with Crippen LogP contribution >= 0.6 is 23.5 Å². The Kier molecular flexibility index (Phi) is 8.10. The summed E-state index contributed by atoms with van der Waals surface area (Å²) in [5.41, 5.74) is 1.52. The van der Waals surface area contributed by atoms with Crippen LogP contribution in [0.5, 0.6) is 0 Å². The van der Waals surface area contributed by atoms with Crippen LogP contribution in [0.1, 0.15) is 18.8 Å². The summed E-state index contributed by atoms with van der Waals surface area (Å²) in [5.74, 6) is 4.10. The number of phosphoric ester groups is 1. The highest BCUT2D eigenvalue weighted by Crippen LogP contribution is 2.66. The molecule has 0 saturated carbocycles. The lowest BCUT2D eigenvalue weighted by Crippen LogP contribution is -2.45. The van der Waals surface area contributed by atoms with Gasteiger partial charge in [-0.05, 0) is 19.9 Å². The van der Waals surface area contributed by atoms with Gasteiger partial charge in [0.25, 0.3) is 0 Å². The van der Waals surface area contributed by atoms with Gasteiger partial charge in [0.2, 0.25) is 5.67 Å². The molecule has 0 radical (unpaired) electrons. The lowest BCUT2D eigenvalue weighted by molar-refractivity contribution is -0.0543. The number of hydrogen-bond donors (Lipinski definition) is 6. The number of alkyl halides is 1. The molecule has 186 valence electrons. The second kappa shape index (κ2) is 9.63. The van der Waals surface area contributed by atoms with Crippen molar-refractivity contribution < 1.29 is 60.6 Å². The van der Waals surface area contributed by atoms with E-state index in [4.69, 9.17) is 25.2 Å². The van der Waals surface area contributed by atoms with Crippen molar-refractivity contribution in [3.63, 3.8) is 0 Å². The number of anilines is 1. The number of phosphoric acid groups is 3. The summed E-state index contributed by atoms with van der Waals surface area (Å²) in [6, 6.07) is 1.20. The lowest BCUT2D eigenvalue weighted by Gasteiger charge is -2.25. The number of aryl methyl sites for hydroxylation is 1. The topological polar surface area (TPSA) is 250 Å². The molecular weight excluding hydrogens is 518 g/mol. The van der Waals surface area contributed by atoms with Crippen LogP contribution in [0.25, 0.3) is 0 Å². The van der Waals surface area contributed by atoms with Crippen molar-refractivity contribution in [1.82, 2.24) is 9.55 Å². The van der Waals surface area contributed by atoms with Gasteiger partial charge in [-0.3, -0.25) is 9.09 Å². The van der Waals surface area contributed by atoms with Gasteiger partial charge >= 0.3 is 29.2 Å². The summed E-state index contributed by atoms with van der Waals surface area (Å²) in [7, 11) is -17.0. The molecule has 0 bridgehead atoms. The maximum Gasteiger partial charge on any atom is 0.490 e. The van der Waals surface area contributed by atoms with Crippen molar-refractivity contribution >= 4 is 29.3 Å². The zero-order valence-corrected chi connectivity index (χ0v) is 19.4. The van der Waals surface area contributed by atoms with E-state index in [-0.39, 0.29) is 11.5 Å². The lowest BCUT2D eigenvalue weighted by atomic mass is 9.96. The van der Waals surface area contributed by atoms with E-state index in [0.29, 0.717) is 4.57 Å². The number of rotatable bonds is 8. The Morgan fingerprint density at radius 2 is 1.88 bits per heavy atom. The fourth-order valence-electron chi connectivity index (χ4n) is 2.85. The van der Waals surface area contributed by atoms with Crippen LogP contribution in [0.15, 0.2) is 10.9 Å². The van der Waals surface area contributed by atoms with Crippen molar-refractivity contribution in [1.29, 1.82) is 0 Å². The largest absolute Gasteiger partial charge is 0.490 e. The minimum absolute atomic E-state index is 0.0677. The van der Waals surface area contributed by atoms with E-state index < -0.39 is 59.9 Å². The van der Waals surface area contributed by atoms with Gasteiger partial charge in [-0.25, -0.2) is 22.9 Å². The third-order valence-corrected chi connectivity index (χ3v) is 7.78. The molecule has 16 nitrogen and oxygen atoms in total. The minimum atomic E-state index is -5.79. The van der Waals surface area contributed by atoms with Crippen LogP contribution in [-0.2, 0) is 31.6 Å². The summed E-state index contributed by atoms with van der Waals surface area (Å²) in [6.45, 7) is 1.41. The summed E-state index contributed by atoms with van der Waals surface area (Å²) in [5, 5.41) is 10.4. The molecule has 0 amide bonds. The quantitative estimate of drug-likeness (QED) is 0.180. The molecule has 2 rings (SSSR count). The van der Waals surface area contributed by atoms with Crippen LogP contribution in [0, 0.1) is 18.8 Å². The van der Waals surface area contributed by atoms with E-state index in [9.17, 15) is 28.5 Å². The van der Waals surface area contributed by atoms with E-state index >= 15 is 4.39 Å². The highest BCUT2D eigenvalue weighted by atomic mass is 31.3. The molecule has 1 aromatic heterocycles. The summed E-state index contributed by atoms with van der Waals surface area (Å²) in [4.78, 5) is 51.4. The average molecular weight is 537 g/mol. The first-order valence-corrected chi connectivity index (χ1v) is 13.0. The normalized spacial score (nSPS) is 29.0. The number of halogens is 1. The second-order valence-electron chi connectivity index (χ2n) is 6.48. The Hall–Kier alpha value is -1.50. The molecule has 1 saturated heterocycles. The Labute approximate surface area is 184 Å². The molecule has 4 unspecified atom stereocenters. The monoisotopic (exact) mass is 537 g/mol. The summed E-state index contributed by atoms with van der Waals surface area (Å²) < 4.78 is 67.0. The minimum Gasteiger partial charge on any atom is -0.386 e. The predicted octanol–water partition coefficient (Wildman–Crippen LogP) is -0.533. The molecular formula is C13H19FN3O13P3.